The quantitative estimate of drug-likeness (QED) is 0.828. The van der Waals surface area contributed by atoms with Crippen molar-refractivity contribution in [3.8, 4) is 10.6 Å². The molecule has 5 nitrogen and oxygen atoms in total. The van der Waals surface area contributed by atoms with Crippen molar-refractivity contribution in [1.82, 2.24) is 15.6 Å². The molecule has 2 aromatic rings. The SMILES string of the molecule is CC(=O)NCCNC(=O)c1csc(-c2ccc(F)cc2)n1. The maximum atomic E-state index is 12.9. The van der Waals surface area contributed by atoms with E-state index in [1.807, 2.05) is 0 Å². The highest BCUT2D eigenvalue weighted by molar-refractivity contribution is 7.13. The number of halogens is 1. The number of carbonyl (C=O) groups is 2. The number of hydrogen-bond donors (Lipinski definition) is 2. The van der Waals surface area contributed by atoms with Crippen molar-refractivity contribution in [2.75, 3.05) is 13.1 Å². The molecule has 0 saturated heterocycles. The summed E-state index contributed by atoms with van der Waals surface area (Å²) in [4.78, 5) is 26.8. The van der Waals surface area contributed by atoms with Crippen LogP contribution in [0.4, 0.5) is 4.39 Å². The molecule has 0 fully saturated rings. The fourth-order valence-corrected chi connectivity index (χ4v) is 2.41. The van der Waals surface area contributed by atoms with Crippen LogP contribution >= 0.6 is 11.3 Å². The number of hydrogen-bond acceptors (Lipinski definition) is 4. The van der Waals surface area contributed by atoms with E-state index in [-0.39, 0.29) is 17.6 Å². The van der Waals surface area contributed by atoms with Crippen LogP contribution in [0, 0.1) is 5.82 Å². The Balaban J connectivity index is 1.94. The van der Waals surface area contributed by atoms with Crippen molar-refractivity contribution in [3.05, 3.63) is 41.2 Å². The predicted octanol–water partition coefficient (Wildman–Crippen LogP) is 1.82. The average Bonchev–Trinajstić information content (AvgIpc) is 2.94. The Hall–Kier alpha value is -2.28. The van der Waals surface area contributed by atoms with E-state index in [9.17, 15) is 14.0 Å². The second-order valence-electron chi connectivity index (χ2n) is 4.28. The molecule has 1 heterocycles. The number of carbonyl (C=O) groups excluding carboxylic acids is 2. The van der Waals surface area contributed by atoms with Gasteiger partial charge in [-0.25, -0.2) is 9.37 Å². The van der Waals surface area contributed by atoms with Crippen molar-refractivity contribution in [2.24, 2.45) is 0 Å². The number of nitrogens with one attached hydrogen (secondary N) is 2. The standard InChI is InChI=1S/C14H14FN3O2S/c1-9(19)16-6-7-17-13(20)12-8-21-14(18-12)10-2-4-11(15)5-3-10/h2-5,8H,6-7H2,1H3,(H,16,19)(H,17,20). The molecule has 2 rings (SSSR count). The van der Waals surface area contributed by atoms with E-state index in [0.717, 1.165) is 5.56 Å². The zero-order chi connectivity index (χ0) is 15.2. The van der Waals surface area contributed by atoms with Crippen LogP contribution in [0.25, 0.3) is 10.6 Å². The molecule has 1 aromatic heterocycles. The van der Waals surface area contributed by atoms with E-state index in [0.29, 0.717) is 23.8 Å². The second kappa shape index (κ2) is 6.94. The summed E-state index contributed by atoms with van der Waals surface area (Å²) in [5, 5.41) is 7.54. The second-order valence-corrected chi connectivity index (χ2v) is 5.14. The first-order valence-electron chi connectivity index (χ1n) is 6.30. The number of rotatable bonds is 5. The third-order valence-corrected chi connectivity index (χ3v) is 3.50. The third kappa shape index (κ3) is 4.35. The van der Waals surface area contributed by atoms with Gasteiger partial charge in [-0.2, -0.15) is 0 Å². The first-order chi connectivity index (χ1) is 10.1. The van der Waals surface area contributed by atoms with Crippen molar-refractivity contribution in [1.29, 1.82) is 0 Å². The number of benzene rings is 1. The predicted molar refractivity (Wildman–Crippen MR) is 78.5 cm³/mol. The summed E-state index contributed by atoms with van der Waals surface area (Å²) in [5.74, 6) is -0.757. The molecular weight excluding hydrogens is 293 g/mol. The van der Waals surface area contributed by atoms with Crippen LogP contribution in [0.5, 0.6) is 0 Å². The van der Waals surface area contributed by atoms with Crippen molar-refractivity contribution < 1.29 is 14.0 Å². The van der Waals surface area contributed by atoms with Gasteiger partial charge in [0, 0.05) is 31.0 Å². The van der Waals surface area contributed by atoms with E-state index >= 15 is 0 Å². The van der Waals surface area contributed by atoms with Gasteiger partial charge in [0.1, 0.15) is 16.5 Å². The topological polar surface area (TPSA) is 71.1 Å². The van der Waals surface area contributed by atoms with Crippen molar-refractivity contribution in [2.45, 2.75) is 6.92 Å². The van der Waals surface area contributed by atoms with Gasteiger partial charge in [-0.3, -0.25) is 9.59 Å². The molecular formula is C14H14FN3O2S. The van der Waals surface area contributed by atoms with Gasteiger partial charge in [0.2, 0.25) is 5.91 Å². The van der Waals surface area contributed by atoms with Crippen molar-refractivity contribution in [3.63, 3.8) is 0 Å². The van der Waals surface area contributed by atoms with Crippen LogP contribution in [-0.4, -0.2) is 29.9 Å². The normalized spacial score (nSPS) is 10.2. The fraction of sp³-hybridized carbons (Fsp3) is 0.214. The fourth-order valence-electron chi connectivity index (χ4n) is 1.61. The van der Waals surface area contributed by atoms with Crippen LogP contribution in [0.2, 0.25) is 0 Å². The van der Waals surface area contributed by atoms with Gasteiger partial charge in [-0.15, -0.1) is 11.3 Å². The summed E-state index contributed by atoms with van der Waals surface area (Å²) < 4.78 is 12.9. The number of aromatic nitrogens is 1. The first-order valence-corrected chi connectivity index (χ1v) is 7.18. The van der Waals surface area contributed by atoms with Crippen molar-refractivity contribution >= 4 is 23.2 Å². The Kier molecular flexibility index (Phi) is 4.99. The Bertz CT molecular complexity index is 640. The summed E-state index contributed by atoms with van der Waals surface area (Å²) in [5.41, 5.74) is 1.07. The Labute approximate surface area is 125 Å². The van der Waals surface area contributed by atoms with Gasteiger partial charge >= 0.3 is 0 Å². The minimum atomic E-state index is -0.314. The van der Waals surface area contributed by atoms with Gasteiger partial charge in [-0.05, 0) is 24.3 Å². The molecule has 21 heavy (non-hydrogen) atoms. The van der Waals surface area contributed by atoms with E-state index < -0.39 is 0 Å². The Morgan fingerprint density at radius 3 is 2.52 bits per heavy atom. The van der Waals surface area contributed by atoms with Gasteiger partial charge < -0.3 is 10.6 Å². The third-order valence-electron chi connectivity index (χ3n) is 2.61. The van der Waals surface area contributed by atoms with Crippen LogP contribution < -0.4 is 10.6 Å². The zero-order valence-corrected chi connectivity index (χ0v) is 12.2. The monoisotopic (exact) mass is 307 g/mol. The molecule has 0 spiro atoms. The highest BCUT2D eigenvalue weighted by atomic mass is 32.1. The largest absolute Gasteiger partial charge is 0.355 e. The van der Waals surface area contributed by atoms with E-state index in [2.05, 4.69) is 15.6 Å². The molecule has 0 atom stereocenters. The van der Waals surface area contributed by atoms with Gasteiger partial charge in [0.05, 0.1) is 0 Å². The molecule has 2 N–H and O–H groups in total. The maximum absolute atomic E-state index is 12.9. The summed E-state index contributed by atoms with van der Waals surface area (Å²) in [6, 6.07) is 5.94. The summed E-state index contributed by atoms with van der Waals surface area (Å²) >= 11 is 1.32. The molecule has 110 valence electrons. The molecule has 0 radical (unpaired) electrons. The molecule has 2 amide bonds. The summed E-state index contributed by atoms with van der Waals surface area (Å²) in [7, 11) is 0. The highest BCUT2D eigenvalue weighted by Crippen LogP contribution is 2.23. The van der Waals surface area contributed by atoms with Crippen LogP contribution in [-0.2, 0) is 4.79 Å². The molecule has 0 bridgehead atoms. The van der Waals surface area contributed by atoms with Gasteiger partial charge in [0.25, 0.3) is 5.91 Å². The summed E-state index contributed by atoms with van der Waals surface area (Å²) in [6.07, 6.45) is 0. The molecule has 0 aliphatic rings. The molecule has 0 unspecified atom stereocenters. The van der Waals surface area contributed by atoms with E-state index in [1.165, 1.54) is 30.4 Å². The first kappa shape index (κ1) is 15.1. The van der Waals surface area contributed by atoms with E-state index in [4.69, 9.17) is 0 Å². The zero-order valence-electron chi connectivity index (χ0n) is 11.4. The van der Waals surface area contributed by atoms with Crippen LogP contribution in [0.1, 0.15) is 17.4 Å². The minimum Gasteiger partial charge on any atom is -0.355 e. The smallest absolute Gasteiger partial charge is 0.270 e. The molecule has 1 aromatic carbocycles. The minimum absolute atomic E-state index is 0.142. The Morgan fingerprint density at radius 2 is 1.86 bits per heavy atom. The maximum Gasteiger partial charge on any atom is 0.270 e. The lowest BCUT2D eigenvalue weighted by Gasteiger charge is -2.03. The highest BCUT2D eigenvalue weighted by Gasteiger charge is 2.11. The van der Waals surface area contributed by atoms with Crippen LogP contribution in [0.3, 0.4) is 0 Å². The molecule has 0 aliphatic carbocycles. The molecule has 0 aliphatic heterocycles. The summed E-state index contributed by atoms with van der Waals surface area (Å²) in [6.45, 7) is 2.12. The number of amides is 2. The van der Waals surface area contributed by atoms with E-state index in [1.54, 1.807) is 17.5 Å². The molecule has 7 heteroatoms. The number of nitrogens with zero attached hydrogens (tertiary/aromatic N) is 1. The lowest BCUT2D eigenvalue weighted by molar-refractivity contribution is -0.118. The molecule has 0 saturated carbocycles. The van der Waals surface area contributed by atoms with Gasteiger partial charge in [-0.1, -0.05) is 0 Å². The van der Waals surface area contributed by atoms with Crippen LogP contribution in [0.15, 0.2) is 29.6 Å². The lowest BCUT2D eigenvalue weighted by Crippen LogP contribution is -2.33. The average molecular weight is 307 g/mol. The number of thiazole rings is 1. The van der Waals surface area contributed by atoms with Gasteiger partial charge in [0.15, 0.2) is 0 Å². The Morgan fingerprint density at radius 1 is 1.19 bits per heavy atom. The lowest BCUT2D eigenvalue weighted by atomic mass is 10.2.